The zero-order chi connectivity index (χ0) is 13.8. The Morgan fingerprint density at radius 2 is 2.06 bits per heavy atom. The molecule has 0 aromatic carbocycles. The fraction of sp³-hybridized carbons (Fsp3) is 0.545. The molecular formula is C11H20N4O2S. The Kier molecular flexibility index (Phi) is 4.66. The Morgan fingerprint density at radius 1 is 1.39 bits per heavy atom. The number of nitrogens with two attached hydrogens (primary N) is 1. The minimum absolute atomic E-state index is 0.0702. The summed E-state index contributed by atoms with van der Waals surface area (Å²) in [7, 11) is -3.51. The molecule has 0 amide bonds. The van der Waals surface area contributed by atoms with Gasteiger partial charge in [-0.1, -0.05) is 20.8 Å². The quantitative estimate of drug-likeness (QED) is 0.532. The minimum Gasteiger partial charge on any atom is -0.308 e. The van der Waals surface area contributed by atoms with Gasteiger partial charge < -0.3 is 5.43 Å². The highest BCUT2D eigenvalue weighted by Crippen LogP contribution is 2.19. The molecule has 0 aliphatic carbocycles. The van der Waals surface area contributed by atoms with Gasteiger partial charge >= 0.3 is 0 Å². The first-order chi connectivity index (χ1) is 8.30. The summed E-state index contributed by atoms with van der Waals surface area (Å²) < 4.78 is 26.6. The lowest BCUT2D eigenvalue weighted by Crippen LogP contribution is -2.33. The van der Waals surface area contributed by atoms with Crippen molar-refractivity contribution >= 4 is 15.8 Å². The summed E-state index contributed by atoms with van der Waals surface area (Å²) in [4.78, 5) is 4.01. The lowest BCUT2D eigenvalue weighted by Gasteiger charge is -2.22. The van der Waals surface area contributed by atoms with Crippen LogP contribution >= 0.6 is 0 Å². The highest BCUT2D eigenvalue weighted by Gasteiger charge is 2.20. The smallest absolute Gasteiger partial charge is 0.242 e. The van der Waals surface area contributed by atoms with Crippen LogP contribution in [0.2, 0.25) is 0 Å². The molecule has 1 aromatic rings. The molecule has 102 valence electrons. The van der Waals surface area contributed by atoms with Gasteiger partial charge in [-0.05, 0) is 24.0 Å². The molecule has 0 fully saturated rings. The van der Waals surface area contributed by atoms with Crippen molar-refractivity contribution in [2.24, 2.45) is 11.3 Å². The molecular weight excluding hydrogens is 252 g/mol. The number of sulfonamides is 1. The number of anilines is 1. The van der Waals surface area contributed by atoms with Crippen LogP contribution in [0.4, 0.5) is 5.82 Å². The third-order valence-electron chi connectivity index (χ3n) is 2.89. The number of nitrogens with zero attached hydrogens (tertiary/aromatic N) is 1. The predicted octanol–water partition coefficient (Wildman–Crippen LogP) is 1.08. The van der Waals surface area contributed by atoms with Gasteiger partial charge in [0.05, 0.1) is 0 Å². The van der Waals surface area contributed by atoms with E-state index < -0.39 is 10.0 Å². The molecule has 1 aromatic heterocycles. The second-order valence-electron chi connectivity index (χ2n) is 4.87. The van der Waals surface area contributed by atoms with Gasteiger partial charge in [0.15, 0.2) is 0 Å². The van der Waals surface area contributed by atoms with Crippen LogP contribution < -0.4 is 16.0 Å². The fourth-order valence-corrected chi connectivity index (χ4v) is 2.31. The third-order valence-corrected chi connectivity index (χ3v) is 4.28. The summed E-state index contributed by atoms with van der Waals surface area (Å²) in [6, 6.07) is 2.98. The van der Waals surface area contributed by atoms with E-state index in [-0.39, 0.29) is 10.3 Å². The van der Waals surface area contributed by atoms with Crippen LogP contribution in [0, 0.1) is 5.41 Å². The summed E-state index contributed by atoms with van der Waals surface area (Å²) >= 11 is 0. The number of hydrogen-bond donors (Lipinski definition) is 3. The van der Waals surface area contributed by atoms with Gasteiger partial charge in [0.1, 0.15) is 10.7 Å². The van der Waals surface area contributed by atoms with Crippen molar-refractivity contribution in [1.29, 1.82) is 0 Å². The van der Waals surface area contributed by atoms with Crippen molar-refractivity contribution in [1.82, 2.24) is 9.71 Å². The summed E-state index contributed by atoms with van der Waals surface area (Å²) in [5.41, 5.74) is 2.27. The first kappa shape index (κ1) is 14.9. The molecule has 0 atom stereocenters. The van der Waals surface area contributed by atoms with E-state index in [0.29, 0.717) is 12.4 Å². The fourth-order valence-electron chi connectivity index (χ4n) is 1.12. The van der Waals surface area contributed by atoms with E-state index in [1.807, 2.05) is 20.8 Å². The van der Waals surface area contributed by atoms with Crippen molar-refractivity contribution in [2.45, 2.75) is 32.1 Å². The maximum Gasteiger partial charge on any atom is 0.242 e. The second kappa shape index (κ2) is 5.64. The molecule has 0 saturated heterocycles. The first-order valence-electron chi connectivity index (χ1n) is 5.73. The molecule has 0 unspecified atom stereocenters. The lowest BCUT2D eigenvalue weighted by molar-refractivity contribution is 0.350. The molecule has 6 nitrogen and oxygen atoms in total. The van der Waals surface area contributed by atoms with Crippen molar-refractivity contribution in [2.75, 3.05) is 12.0 Å². The van der Waals surface area contributed by atoms with Crippen LogP contribution in [0.1, 0.15) is 27.2 Å². The number of pyridine rings is 1. The van der Waals surface area contributed by atoms with E-state index in [9.17, 15) is 8.42 Å². The minimum atomic E-state index is -3.51. The number of nitrogens with one attached hydrogen (secondary N) is 2. The van der Waals surface area contributed by atoms with E-state index in [1.165, 1.54) is 18.3 Å². The van der Waals surface area contributed by atoms with Gasteiger partial charge in [-0.3, -0.25) is 0 Å². The molecule has 4 N–H and O–H groups in total. The molecule has 1 heterocycles. The van der Waals surface area contributed by atoms with Gasteiger partial charge in [-0.2, -0.15) is 0 Å². The van der Waals surface area contributed by atoms with Gasteiger partial charge in [-0.25, -0.2) is 24.0 Å². The van der Waals surface area contributed by atoms with Crippen LogP contribution in [-0.2, 0) is 10.0 Å². The van der Waals surface area contributed by atoms with Gasteiger partial charge in [0.25, 0.3) is 0 Å². The summed E-state index contributed by atoms with van der Waals surface area (Å²) in [5.74, 6) is 5.58. The maximum absolute atomic E-state index is 12.0. The molecule has 18 heavy (non-hydrogen) atoms. The van der Waals surface area contributed by atoms with Crippen LogP contribution in [0.15, 0.2) is 23.2 Å². The Hall–Kier alpha value is -1.18. The standard InChI is InChI=1S/C11H20N4O2S/c1-4-11(2,3)8-14-18(16,17)9-5-6-10(15-12)13-7-9/h5-7,14H,4,8,12H2,1-3H3,(H,13,15). The molecule has 1 rings (SSSR count). The number of hydrogen-bond acceptors (Lipinski definition) is 5. The van der Waals surface area contributed by atoms with E-state index in [1.54, 1.807) is 0 Å². The van der Waals surface area contributed by atoms with Gasteiger partial charge in [-0.15, -0.1) is 0 Å². The lowest BCUT2D eigenvalue weighted by atomic mass is 9.91. The zero-order valence-electron chi connectivity index (χ0n) is 10.9. The topological polar surface area (TPSA) is 97.1 Å². The van der Waals surface area contributed by atoms with Crippen LogP contribution in [-0.4, -0.2) is 19.9 Å². The van der Waals surface area contributed by atoms with Crippen molar-refractivity contribution in [3.63, 3.8) is 0 Å². The number of hydrazine groups is 1. The van der Waals surface area contributed by atoms with Crippen molar-refractivity contribution in [3.05, 3.63) is 18.3 Å². The highest BCUT2D eigenvalue weighted by molar-refractivity contribution is 7.89. The van der Waals surface area contributed by atoms with Crippen molar-refractivity contribution in [3.8, 4) is 0 Å². The monoisotopic (exact) mass is 272 g/mol. The molecule has 0 radical (unpaired) electrons. The zero-order valence-corrected chi connectivity index (χ0v) is 11.7. The van der Waals surface area contributed by atoms with E-state index in [0.717, 1.165) is 6.42 Å². The Labute approximate surface area is 108 Å². The summed E-state index contributed by atoms with van der Waals surface area (Å²) in [6.45, 7) is 6.44. The molecule has 0 spiro atoms. The molecule has 0 aliphatic rings. The number of rotatable bonds is 6. The summed E-state index contributed by atoms with van der Waals surface area (Å²) in [5, 5.41) is 0. The van der Waals surface area contributed by atoms with E-state index in [2.05, 4.69) is 15.1 Å². The van der Waals surface area contributed by atoms with Gasteiger partial charge in [0, 0.05) is 12.7 Å². The van der Waals surface area contributed by atoms with Crippen molar-refractivity contribution < 1.29 is 8.42 Å². The van der Waals surface area contributed by atoms with Gasteiger partial charge in [0.2, 0.25) is 10.0 Å². The molecule has 0 bridgehead atoms. The largest absolute Gasteiger partial charge is 0.308 e. The number of aromatic nitrogens is 1. The predicted molar refractivity (Wildman–Crippen MR) is 71.3 cm³/mol. The number of nitrogen functional groups attached to an aromatic ring is 1. The first-order valence-corrected chi connectivity index (χ1v) is 7.21. The van der Waals surface area contributed by atoms with Crippen LogP contribution in [0.25, 0.3) is 0 Å². The highest BCUT2D eigenvalue weighted by atomic mass is 32.2. The summed E-state index contributed by atoms with van der Waals surface area (Å²) in [6.07, 6.45) is 2.17. The maximum atomic E-state index is 12.0. The Bertz CT molecular complexity index is 482. The third kappa shape index (κ3) is 3.94. The average Bonchev–Trinajstić information content (AvgIpc) is 2.37. The van der Waals surface area contributed by atoms with E-state index >= 15 is 0 Å². The second-order valence-corrected chi connectivity index (χ2v) is 6.63. The Morgan fingerprint density at radius 3 is 2.50 bits per heavy atom. The molecule has 0 aliphatic heterocycles. The SMILES string of the molecule is CCC(C)(C)CNS(=O)(=O)c1ccc(NN)nc1. The normalized spacial score (nSPS) is 12.4. The molecule has 0 saturated carbocycles. The van der Waals surface area contributed by atoms with Crippen LogP contribution in [0.3, 0.4) is 0 Å². The molecule has 7 heteroatoms. The van der Waals surface area contributed by atoms with E-state index in [4.69, 9.17) is 5.84 Å². The average molecular weight is 272 g/mol. The van der Waals surface area contributed by atoms with Crippen LogP contribution in [0.5, 0.6) is 0 Å². The Balaban J connectivity index is 2.80.